The molecule has 0 radical (unpaired) electrons. The topological polar surface area (TPSA) is 37.4 Å². The van der Waals surface area contributed by atoms with Gasteiger partial charge in [-0.05, 0) is 31.8 Å². The van der Waals surface area contributed by atoms with E-state index in [4.69, 9.17) is 0 Å². The highest BCUT2D eigenvalue weighted by molar-refractivity contribution is 9.10. The van der Waals surface area contributed by atoms with Gasteiger partial charge >= 0.3 is 0 Å². The van der Waals surface area contributed by atoms with Gasteiger partial charge in [0.1, 0.15) is 0 Å². The third-order valence-corrected chi connectivity index (χ3v) is 3.79. The highest BCUT2D eigenvalue weighted by Gasteiger charge is 2.09. The molecule has 0 spiro atoms. The van der Waals surface area contributed by atoms with Crippen LogP contribution in [0.2, 0.25) is 0 Å². The Morgan fingerprint density at radius 2 is 1.93 bits per heavy atom. The van der Waals surface area contributed by atoms with Gasteiger partial charge in [0.2, 0.25) is 0 Å². The summed E-state index contributed by atoms with van der Waals surface area (Å²) >= 11 is 3.38. The fraction of sp³-hybridized carbons (Fsp3) is 0.400. The number of nitrogens with zero attached hydrogens (tertiary/aromatic N) is 1. The van der Waals surface area contributed by atoms with E-state index in [1.807, 2.05) is 25.1 Å². The van der Waals surface area contributed by atoms with Crippen LogP contribution in [-0.2, 0) is 16.4 Å². The molecule has 15 heavy (non-hydrogen) atoms. The third-order valence-electron chi connectivity index (χ3n) is 1.94. The van der Waals surface area contributed by atoms with Gasteiger partial charge in [-0.15, -0.1) is 0 Å². The van der Waals surface area contributed by atoms with E-state index in [1.165, 1.54) is 6.26 Å². The average molecular weight is 292 g/mol. The predicted octanol–water partition coefficient (Wildman–Crippen LogP) is 1.91. The first kappa shape index (κ1) is 12.7. The summed E-state index contributed by atoms with van der Waals surface area (Å²) in [7, 11) is 0.824. The van der Waals surface area contributed by atoms with Gasteiger partial charge in [0.05, 0.1) is 4.90 Å². The molecule has 84 valence electrons. The van der Waals surface area contributed by atoms with Gasteiger partial charge in [-0.25, -0.2) is 8.42 Å². The van der Waals surface area contributed by atoms with Crippen molar-refractivity contribution in [1.82, 2.24) is 4.90 Å². The van der Waals surface area contributed by atoms with Crippen LogP contribution in [0.5, 0.6) is 0 Å². The van der Waals surface area contributed by atoms with Crippen LogP contribution in [-0.4, -0.2) is 33.7 Å². The number of halogens is 1. The first-order valence-electron chi connectivity index (χ1n) is 4.44. The Bertz CT molecular complexity index is 454. The summed E-state index contributed by atoms with van der Waals surface area (Å²) in [4.78, 5) is 2.37. The monoisotopic (exact) mass is 291 g/mol. The molecule has 0 unspecified atom stereocenters. The molecular weight excluding hydrogens is 278 g/mol. The second kappa shape index (κ2) is 4.63. The van der Waals surface area contributed by atoms with Crippen LogP contribution >= 0.6 is 15.9 Å². The fourth-order valence-electron chi connectivity index (χ4n) is 1.23. The minimum Gasteiger partial charge on any atom is -0.305 e. The molecule has 1 aromatic rings. The Morgan fingerprint density at radius 3 is 2.33 bits per heavy atom. The van der Waals surface area contributed by atoms with Crippen LogP contribution in [0.3, 0.4) is 0 Å². The zero-order chi connectivity index (χ0) is 11.6. The van der Waals surface area contributed by atoms with E-state index < -0.39 is 9.84 Å². The van der Waals surface area contributed by atoms with Gasteiger partial charge in [-0.1, -0.05) is 22.0 Å². The van der Waals surface area contributed by atoms with E-state index in [0.29, 0.717) is 4.90 Å². The van der Waals surface area contributed by atoms with E-state index in [1.54, 1.807) is 12.1 Å². The van der Waals surface area contributed by atoms with Crippen LogP contribution in [0, 0.1) is 0 Å². The lowest BCUT2D eigenvalue weighted by Crippen LogP contribution is -2.11. The van der Waals surface area contributed by atoms with E-state index >= 15 is 0 Å². The van der Waals surface area contributed by atoms with Crippen molar-refractivity contribution in [1.29, 1.82) is 0 Å². The average Bonchev–Trinajstić information content (AvgIpc) is 2.05. The molecule has 0 N–H and O–H groups in total. The standard InChI is InChI=1S/C10H14BrNO2S/c1-12(2)7-8-4-5-9(6-10(8)11)15(3,13)14/h4-6H,7H2,1-3H3. The largest absolute Gasteiger partial charge is 0.305 e. The highest BCUT2D eigenvalue weighted by Crippen LogP contribution is 2.22. The number of hydrogen-bond donors (Lipinski definition) is 0. The molecule has 0 aliphatic carbocycles. The van der Waals surface area contributed by atoms with Gasteiger partial charge < -0.3 is 4.90 Å². The summed E-state index contributed by atoms with van der Waals surface area (Å²) in [5, 5.41) is 0. The molecule has 1 aromatic carbocycles. The summed E-state index contributed by atoms with van der Waals surface area (Å²) in [5.41, 5.74) is 1.08. The lowest BCUT2D eigenvalue weighted by atomic mass is 10.2. The molecule has 0 heterocycles. The van der Waals surface area contributed by atoms with Gasteiger partial charge in [0, 0.05) is 17.3 Å². The zero-order valence-corrected chi connectivity index (χ0v) is 11.4. The van der Waals surface area contributed by atoms with Crippen molar-refractivity contribution < 1.29 is 8.42 Å². The van der Waals surface area contributed by atoms with Crippen molar-refractivity contribution in [3.63, 3.8) is 0 Å². The van der Waals surface area contributed by atoms with Gasteiger partial charge in [0.15, 0.2) is 9.84 Å². The molecule has 1 rings (SSSR count). The summed E-state index contributed by atoms with van der Waals surface area (Å²) in [6, 6.07) is 5.12. The third kappa shape index (κ3) is 3.59. The summed E-state index contributed by atoms with van der Waals surface area (Å²) in [6.45, 7) is 0.782. The van der Waals surface area contributed by atoms with Crippen LogP contribution in [0.1, 0.15) is 5.56 Å². The molecule has 3 nitrogen and oxygen atoms in total. The molecule has 0 bridgehead atoms. The number of benzene rings is 1. The van der Waals surface area contributed by atoms with Crippen molar-refractivity contribution in [2.24, 2.45) is 0 Å². The minimum absolute atomic E-state index is 0.344. The van der Waals surface area contributed by atoms with Crippen molar-refractivity contribution in [3.8, 4) is 0 Å². The van der Waals surface area contributed by atoms with E-state index in [9.17, 15) is 8.42 Å². The molecule has 0 aromatic heterocycles. The Morgan fingerprint density at radius 1 is 1.33 bits per heavy atom. The maximum Gasteiger partial charge on any atom is 0.175 e. The smallest absolute Gasteiger partial charge is 0.175 e. The second-order valence-corrected chi connectivity index (χ2v) is 6.63. The summed E-state index contributed by atoms with van der Waals surface area (Å²) < 4.78 is 23.4. The summed E-state index contributed by atoms with van der Waals surface area (Å²) in [5.74, 6) is 0. The zero-order valence-electron chi connectivity index (χ0n) is 8.99. The summed E-state index contributed by atoms with van der Waals surface area (Å²) in [6.07, 6.45) is 1.21. The molecule has 0 fully saturated rings. The lowest BCUT2D eigenvalue weighted by Gasteiger charge is -2.11. The van der Waals surface area contributed by atoms with Gasteiger partial charge in [-0.2, -0.15) is 0 Å². The van der Waals surface area contributed by atoms with Crippen molar-refractivity contribution in [3.05, 3.63) is 28.2 Å². The Kier molecular flexibility index (Phi) is 3.92. The molecule has 0 saturated heterocycles. The number of rotatable bonds is 3. The Labute approximate surface area is 99.1 Å². The van der Waals surface area contributed by atoms with E-state index in [0.717, 1.165) is 16.6 Å². The second-order valence-electron chi connectivity index (χ2n) is 3.76. The number of hydrogen-bond acceptors (Lipinski definition) is 3. The van der Waals surface area contributed by atoms with Crippen molar-refractivity contribution >= 4 is 25.8 Å². The fourth-order valence-corrected chi connectivity index (χ4v) is 2.53. The van der Waals surface area contributed by atoms with Crippen molar-refractivity contribution in [2.45, 2.75) is 11.4 Å². The first-order chi connectivity index (χ1) is 6.80. The van der Waals surface area contributed by atoms with Crippen LogP contribution < -0.4 is 0 Å². The Balaban J connectivity index is 3.09. The maximum atomic E-state index is 11.3. The quantitative estimate of drug-likeness (QED) is 0.854. The van der Waals surface area contributed by atoms with E-state index in [2.05, 4.69) is 15.9 Å². The molecule has 0 saturated carbocycles. The number of sulfone groups is 1. The maximum absolute atomic E-state index is 11.3. The highest BCUT2D eigenvalue weighted by atomic mass is 79.9. The van der Waals surface area contributed by atoms with Crippen LogP contribution in [0.15, 0.2) is 27.6 Å². The van der Waals surface area contributed by atoms with Gasteiger partial charge in [0.25, 0.3) is 0 Å². The lowest BCUT2D eigenvalue weighted by molar-refractivity contribution is 0.401. The van der Waals surface area contributed by atoms with Crippen molar-refractivity contribution in [2.75, 3.05) is 20.4 Å². The molecule has 0 aliphatic rings. The molecule has 0 atom stereocenters. The Hall–Kier alpha value is -0.390. The molecular formula is C10H14BrNO2S. The van der Waals surface area contributed by atoms with Crippen LogP contribution in [0.4, 0.5) is 0 Å². The van der Waals surface area contributed by atoms with Gasteiger partial charge in [-0.3, -0.25) is 0 Å². The predicted molar refractivity (Wildman–Crippen MR) is 64.6 cm³/mol. The van der Waals surface area contributed by atoms with Crippen LogP contribution in [0.25, 0.3) is 0 Å². The molecule has 0 amide bonds. The minimum atomic E-state index is -3.11. The molecule has 5 heteroatoms. The normalized spacial score (nSPS) is 12.1. The SMILES string of the molecule is CN(C)Cc1ccc(S(C)(=O)=O)cc1Br. The molecule has 0 aliphatic heterocycles. The first-order valence-corrected chi connectivity index (χ1v) is 7.12. The van der Waals surface area contributed by atoms with E-state index in [-0.39, 0.29) is 0 Å².